The fourth-order valence-electron chi connectivity index (χ4n) is 3.67. The van der Waals surface area contributed by atoms with Crippen LogP contribution >= 0.6 is 0 Å². The minimum absolute atomic E-state index is 0.542. The average molecular weight is 244 g/mol. The van der Waals surface area contributed by atoms with Crippen LogP contribution in [0.1, 0.15) is 69.1 Å². The van der Waals surface area contributed by atoms with E-state index in [0.29, 0.717) is 5.41 Å². The molecule has 1 aromatic rings. The van der Waals surface area contributed by atoms with Gasteiger partial charge in [0.1, 0.15) is 0 Å². The molecule has 0 saturated heterocycles. The molecular weight excluding hydrogens is 216 g/mol. The Morgan fingerprint density at radius 1 is 1.06 bits per heavy atom. The molecule has 0 amide bonds. The Kier molecular flexibility index (Phi) is 4.14. The van der Waals surface area contributed by atoms with Gasteiger partial charge in [-0.3, -0.25) is 0 Å². The van der Waals surface area contributed by atoms with E-state index in [1.165, 1.54) is 49.7 Å². The lowest BCUT2D eigenvalue weighted by Gasteiger charge is -2.19. The van der Waals surface area contributed by atoms with Gasteiger partial charge in [-0.25, -0.2) is 0 Å². The van der Waals surface area contributed by atoms with Crippen molar-refractivity contribution in [2.45, 2.75) is 71.6 Å². The first kappa shape index (κ1) is 13.6. The van der Waals surface area contributed by atoms with Crippen molar-refractivity contribution in [1.82, 2.24) is 0 Å². The lowest BCUT2D eigenvalue weighted by Crippen LogP contribution is -2.11. The lowest BCUT2D eigenvalue weighted by atomic mass is 9.85. The summed E-state index contributed by atoms with van der Waals surface area (Å²) in [5.41, 5.74) is 5.03. The normalized spacial score (nSPS) is 26.3. The van der Waals surface area contributed by atoms with Gasteiger partial charge in [0, 0.05) is 0 Å². The van der Waals surface area contributed by atoms with Crippen LogP contribution in [-0.4, -0.2) is 0 Å². The second-order valence-electron chi connectivity index (χ2n) is 6.30. The molecule has 0 aromatic heterocycles. The summed E-state index contributed by atoms with van der Waals surface area (Å²) in [6.07, 6.45) is 8.31. The van der Waals surface area contributed by atoms with Crippen LogP contribution in [0.3, 0.4) is 0 Å². The topological polar surface area (TPSA) is 0 Å². The number of benzene rings is 1. The van der Waals surface area contributed by atoms with Gasteiger partial charge in [0.25, 0.3) is 0 Å². The van der Waals surface area contributed by atoms with E-state index in [1.807, 2.05) is 0 Å². The fraction of sp³-hybridized carbons (Fsp3) is 0.667. The molecule has 100 valence electrons. The van der Waals surface area contributed by atoms with Crippen LogP contribution in [-0.2, 0) is 5.41 Å². The summed E-state index contributed by atoms with van der Waals surface area (Å²) in [4.78, 5) is 0. The standard InChI is InChI=1S/C18H28/c1-5-7-8-9-18(13-16(18)6-2)17-11-14(3)10-15(4)12-17/h10-12,16H,5-9,13H2,1-4H3. The van der Waals surface area contributed by atoms with Gasteiger partial charge in [0.05, 0.1) is 0 Å². The molecule has 1 fully saturated rings. The average Bonchev–Trinajstić information content (AvgIpc) is 3.03. The van der Waals surface area contributed by atoms with Crippen LogP contribution < -0.4 is 0 Å². The molecular formula is C18H28. The summed E-state index contributed by atoms with van der Waals surface area (Å²) in [6, 6.07) is 7.18. The minimum atomic E-state index is 0.542. The van der Waals surface area contributed by atoms with Crippen molar-refractivity contribution in [3.63, 3.8) is 0 Å². The summed E-state index contributed by atoms with van der Waals surface area (Å²) in [5, 5.41) is 0. The first-order valence-electron chi connectivity index (χ1n) is 7.71. The lowest BCUT2D eigenvalue weighted by molar-refractivity contribution is 0.507. The van der Waals surface area contributed by atoms with Gasteiger partial charge >= 0.3 is 0 Å². The molecule has 1 aliphatic carbocycles. The number of hydrogen-bond acceptors (Lipinski definition) is 0. The third-order valence-electron chi connectivity index (χ3n) is 4.75. The highest BCUT2D eigenvalue weighted by atomic mass is 14.6. The van der Waals surface area contributed by atoms with Crippen LogP contribution in [0.2, 0.25) is 0 Å². The highest BCUT2D eigenvalue weighted by Gasteiger charge is 2.52. The van der Waals surface area contributed by atoms with Crippen LogP contribution in [0.5, 0.6) is 0 Å². The predicted octanol–water partition coefficient (Wildman–Crippen LogP) is 5.55. The van der Waals surface area contributed by atoms with E-state index in [-0.39, 0.29) is 0 Å². The SMILES string of the molecule is CCCCCC1(c2cc(C)cc(C)c2)CC1CC. The first-order valence-corrected chi connectivity index (χ1v) is 7.71. The molecule has 1 saturated carbocycles. The quantitative estimate of drug-likeness (QED) is 0.575. The predicted molar refractivity (Wildman–Crippen MR) is 80.1 cm³/mol. The third kappa shape index (κ3) is 2.63. The van der Waals surface area contributed by atoms with Crippen LogP contribution in [0.25, 0.3) is 0 Å². The van der Waals surface area contributed by atoms with Gasteiger partial charge in [-0.2, -0.15) is 0 Å². The van der Waals surface area contributed by atoms with Crippen molar-refractivity contribution >= 4 is 0 Å². The van der Waals surface area contributed by atoms with E-state index in [4.69, 9.17) is 0 Å². The van der Waals surface area contributed by atoms with Crippen molar-refractivity contribution in [2.75, 3.05) is 0 Å². The van der Waals surface area contributed by atoms with Crippen molar-refractivity contribution in [1.29, 1.82) is 0 Å². The van der Waals surface area contributed by atoms with E-state index in [9.17, 15) is 0 Å². The summed E-state index contributed by atoms with van der Waals surface area (Å²) in [6.45, 7) is 9.13. The Balaban J connectivity index is 2.19. The van der Waals surface area contributed by atoms with Gasteiger partial charge in [-0.15, -0.1) is 0 Å². The van der Waals surface area contributed by atoms with E-state index in [1.54, 1.807) is 5.56 Å². The fourth-order valence-corrected chi connectivity index (χ4v) is 3.67. The van der Waals surface area contributed by atoms with Gasteiger partial charge in [0.15, 0.2) is 0 Å². The molecule has 1 aromatic carbocycles. The van der Waals surface area contributed by atoms with Crippen molar-refractivity contribution in [3.8, 4) is 0 Å². The molecule has 0 bridgehead atoms. The van der Waals surface area contributed by atoms with Gasteiger partial charge in [-0.05, 0) is 43.6 Å². The highest BCUT2D eigenvalue weighted by Crippen LogP contribution is 2.59. The summed E-state index contributed by atoms with van der Waals surface area (Å²) in [5.74, 6) is 0.940. The molecule has 18 heavy (non-hydrogen) atoms. The molecule has 0 N–H and O–H groups in total. The molecule has 0 heterocycles. The largest absolute Gasteiger partial charge is 0.0654 e. The maximum absolute atomic E-state index is 2.44. The second kappa shape index (κ2) is 5.47. The zero-order chi connectivity index (χ0) is 13.2. The number of unbranched alkanes of at least 4 members (excludes halogenated alkanes) is 2. The van der Waals surface area contributed by atoms with Crippen LogP contribution in [0, 0.1) is 19.8 Å². The van der Waals surface area contributed by atoms with E-state index >= 15 is 0 Å². The molecule has 0 spiro atoms. The van der Waals surface area contributed by atoms with Gasteiger partial charge < -0.3 is 0 Å². The number of rotatable bonds is 6. The molecule has 2 atom stereocenters. The number of aryl methyl sites for hydroxylation is 2. The maximum atomic E-state index is 2.44. The van der Waals surface area contributed by atoms with E-state index < -0.39 is 0 Å². The molecule has 2 rings (SSSR count). The van der Waals surface area contributed by atoms with Crippen LogP contribution in [0.15, 0.2) is 18.2 Å². The molecule has 2 unspecified atom stereocenters. The van der Waals surface area contributed by atoms with Gasteiger partial charge in [0.2, 0.25) is 0 Å². The van der Waals surface area contributed by atoms with E-state index in [0.717, 1.165) is 5.92 Å². The molecule has 0 aliphatic heterocycles. The Hall–Kier alpha value is -0.780. The summed E-state index contributed by atoms with van der Waals surface area (Å²) >= 11 is 0. The highest BCUT2D eigenvalue weighted by molar-refractivity contribution is 5.39. The smallest absolute Gasteiger partial charge is 0.00154 e. The van der Waals surface area contributed by atoms with Crippen molar-refractivity contribution < 1.29 is 0 Å². The first-order chi connectivity index (χ1) is 8.62. The minimum Gasteiger partial charge on any atom is -0.0654 e. The molecule has 0 heteroatoms. The zero-order valence-electron chi connectivity index (χ0n) is 12.6. The zero-order valence-corrected chi connectivity index (χ0v) is 12.6. The van der Waals surface area contributed by atoms with Gasteiger partial charge in [-0.1, -0.05) is 68.9 Å². The van der Waals surface area contributed by atoms with Crippen LogP contribution in [0.4, 0.5) is 0 Å². The molecule has 0 radical (unpaired) electrons. The van der Waals surface area contributed by atoms with Crippen molar-refractivity contribution in [2.24, 2.45) is 5.92 Å². The third-order valence-corrected chi connectivity index (χ3v) is 4.75. The van der Waals surface area contributed by atoms with Crippen molar-refractivity contribution in [3.05, 3.63) is 34.9 Å². The number of hydrogen-bond donors (Lipinski definition) is 0. The molecule has 1 aliphatic rings. The Labute approximate surface area is 113 Å². The summed E-state index contributed by atoms with van der Waals surface area (Å²) in [7, 11) is 0. The Bertz CT molecular complexity index is 384. The second-order valence-corrected chi connectivity index (χ2v) is 6.30. The maximum Gasteiger partial charge on any atom is -0.00154 e. The molecule has 0 nitrogen and oxygen atoms in total. The Morgan fingerprint density at radius 3 is 2.22 bits per heavy atom. The Morgan fingerprint density at radius 2 is 1.72 bits per heavy atom. The monoisotopic (exact) mass is 244 g/mol. The van der Waals surface area contributed by atoms with E-state index in [2.05, 4.69) is 45.9 Å². The summed E-state index contributed by atoms with van der Waals surface area (Å²) < 4.78 is 0.